The number of piperidine rings is 1. The van der Waals surface area contributed by atoms with Crippen molar-refractivity contribution in [2.45, 2.75) is 65.3 Å². The fraction of sp³-hybridized carbons (Fsp3) is 0.448. The molecule has 0 saturated carbocycles. The van der Waals surface area contributed by atoms with Crippen LogP contribution < -0.4 is 0 Å². The number of likely N-dealkylation sites (tertiary alicyclic amines) is 1. The molecule has 3 aromatic rings. The Bertz CT molecular complexity index is 1140. The molecule has 0 atom stereocenters. The van der Waals surface area contributed by atoms with E-state index in [2.05, 4.69) is 39.8 Å². The Morgan fingerprint density at radius 3 is 2.47 bits per heavy atom. The third-order valence-electron chi connectivity index (χ3n) is 7.00. The number of aryl methyl sites for hydroxylation is 1. The van der Waals surface area contributed by atoms with Crippen LogP contribution in [0.3, 0.4) is 0 Å². The van der Waals surface area contributed by atoms with Gasteiger partial charge in [0.2, 0.25) is 5.91 Å². The van der Waals surface area contributed by atoms with Crippen molar-refractivity contribution in [3.8, 4) is 0 Å². The lowest BCUT2D eigenvalue weighted by atomic mass is 9.95. The van der Waals surface area contributed by atoms with Crippen molar-refractivity contribution in [3.63, 3.8) is 0 Å². The van der Waals surface area contributed by atoms with Gasteiger partial charge in [0, 0.05) is 42.2 Å². The van der Waals surface area contributed by atoms with Gasteiger partial charge in [-0.05, 0) is 67.5 Å². The first-order chi connectivity index (χ1) is 16.4. The molecule has 34 heavy (non-hydrogen) atoms. The second kappa shape index (κ2) is 10.5. The summed E-state index contributed by atoms with van der Waals surface area (Å²) in [4.78, 5) is 30.2. The molecule has 0 aliphatic carbocycles. The van der Waals surface area contributed by atoms with Crippen molar-refractivity contribution >= 4 is 22.8 Å². The van der Waals surface area contributed by atoms with E-state index in [0.717, 1.165) is 47.9 Å². The minimum absolute atomic E-state index is 0.0773. The average molecular weight is 461 g/mol. The van der Waals surface area contributed by atoms with E-state index in [9.17, 15) is 9.59 Å². The van der Waals surface area contributed by atoms with Gasteiger partial charge in [-0.25, -0.2) is 0 Å². The zero-order valence-corrected chi connectivity index (χ0v) is 20.8. The second-order valence-electron chi connectivity index (χ2n) is 9.77. The molecule has 2 heterocycles. The summed E-state index contributed by atoms with van der Waals surface area (Å²) in [5.41, 5.74) is 5.05. The molecule has 0 bridgehead atoms. The first-order valence-corrected chi connectivity index (χ1v) is 12.5. The van der Waals surface area contributed by atoms with E-state index < -0.39 is 0 Å². The number of carbonyl (C=O) groups is 2. The Labute approximate surface area is 202 Å². The minimum Gasteiger partial charge on any atom is -0.464 e. The summed E-state index contributed by atoms with van der Waals surface area (Å²) >= 11 is 0. The summed E-state index contributed by atoms with van der Waals surface area (Å²) in [5.74, 6) is 0.640. The first-order valence-electron chi connectivity index (χ1n) is 12.5. The average Bonchev–Trinajstić information content (AvgIpc) is 3.23. The predicted molar refractivity (Wildman–Crippen MR) is 136 cm³/mol. The SMILES string of the molecule is CCCN(C(=O)Cc1coc2cc(C)c(C(C)C)cc12)C1CCN(C(=O)c2ccccc2)CC1. The van der Waals surface area contributed by atoms with Crippen LogP contribution in [-0.2, 0) is 11.2 Å². The standard InChI is InChI=1S/C29H36N2O3/c1-5-13-31(24-11-14-30(15-12-24)29(33)22-9-7-6-8-10-22)28(32)17-23-19-34-27-16-21(4)25(20(2)3)18-26(23)27/h6-10,16,18-20,24H,5,11-15,17H2,1-4H3. The number of furan rings is 1. The predicted octanol–water partition coefficient (Wildman–Crippen LogP) is 5.95. The highest BCUT2D eigenvalue weighted by Gasteiger charge is 2.30. The molecule has 5 heteroatoms. The molecule has 5 nitrogen and oxygen atoms in total. The number of hydrogen-bond donors (Lipinski definition) is 0. The van der Waals surface area contributed by atoms with Crippen molar-refractivity contribution in [3.05, 3.63) is 71.0 Å². The molecule has 0 radical (unpaired) electrons. The summed E-state index contributed by atoms with van der Waals surface area (Å²) in [7, 11) is 0. The first kappa shape index (κ1) is 24.1. The van der Waals surface area contributed by atoms with Crippen molar-refractivity contribution in [1.82, 2.24) is 9.80 Å². The van der Waals surface area contributed by atoms with E-state index in [4.69, 9.17) is 4.42 Å². The quantitative estimate of drug-likeness (QED) is 0.438. The second-order valence-corrected chi connectivity index (χ2v) is 9.77. The summed E-state index contributed by atoms with van der Waals surface area (Å²) in [6.45, 7) is 10.7. The van der Waals surface area contributed by atoms with E-state index in [1.807, 2.05) is 40.1 Å². The van der Waals surface area contributed by atoms with Crippen LogP contribution in [0.5, 0.6) is 0 Å². The van der Waals surface area contributed by atoms with Crippen LogP contribution in [0, 0.1) is 6.92 Å². The van der Waals surface area contributed by atoms with Gasteiger partial charge < -0.3 is 14.2 Å². The smallest absolute Gasteiger partial charge is 0.253 e. The zero-order chi connectivity index (χ0) is 24.2. The van der Waals surface area contributed by atoms with Crippen LogP contribution in [0.2, 0.25) is 0 Å². The third-order valence-corrected chi connectivity index (χ3v) is 7.00. The van der Waals surface area contributed by atoms with Gasteiger partial charge in [0.15, 0.2) is 0 Å². The van der Waals surface area contributed by atoms with Gasteiger partial charge in [0.1, 0.15) is 5.58 Å². The number of rotatable bonds is 7. The number of hydrogen-bond acceptors (Lipinski definition) is 3. The Morgan fingerprint density at radius 1 is 1.12 bits per heavy atom. The van der Waals surface area contributed by atoms with Crippen molar-refractivity contribution in [2.75, 3.05) is 19.6 Å². The number of benzene rings is 2. The molecule has 2 aromatic carbocycles. The Kier molecular flexibility index (Phi) is 7.40. The van der Waals surface area contributed by atoms with Crippen LogP contribution in [0.15, 0.2) is 53.1 Å². The maximum atomic E-state index is 13.5. The number of amides is 2. The Balaban J connectivity index is 1.45. The molecule has 1 saturated heterocycles. The largest absolute Gasteiger partial charge is 0.464 e. The number of fused-ring (bicyclic) bond motifs is 1. The highest BCUT2D eigenvalue weighted by atomic mass is 16.3. The molecule has 1 aliphatic heterocycles. The van der Waals surface area contributed by atoms with E-state index in [1.54, 1.807) is 6.26 Å². The highest BCUT2D eigenvalue weighted by molar-refractivity contribution is 5.94. The van der Waals surface area contributed by atoms with Gasteiger partial charge in [-0.15, -0.1) is 0 Å². The molecule has 0 spiro atoms. The van der Waals surface area contributed by atoms with Crippen molar-refractivity contribution < 1.29 is 14.0 Å². The van der Waals surface area contributed by atoms with Crippen LogP contribution >= 0.6 is 0 Å². The van der Waals surface area contributed by atoms with Crippen molar-refractivity contribution in [1.29, 1.82) is 0 Å². The van der Waals surface area contributed by atoms with Crippen molar-refractivity contribution in [2.24, 2.45) is 0 Å². The topological polar surface area (TPSA) is 53.8 Å². The lowest BCUT2D eigenvalue weighted by Crippen LogP contribution is -2.49. The Morgan fingerprint density at radius 2 is 1.82 bits per heavy atom. The lowest BCUT2D eigenvalue weighted by molar-refractivity contribution is -0.133. The van der Waals surface area contributed by atoms with Gasteiger partial charge in [0.05, 0.1) is 12.7 Å². The van der Waals surface area contributed by atoms with Crippen LogP contribution in [0.4, 0.5) is 0 Å². The summed E-state index contributed by atoms with van der Waals surface area (Å²) < 4.78 is 5.82. The molecule has 1 fully saturated rings. The van der Waals surface area contributed by atoms with Gasteiger partial charge in [-0.1, -0.05) is 39.0 Å². The number of carbonyl (C=O) groups excluding carboxylic acids is 2. The maximum Gasteiger partial charge on any atom is 0.253 e. The van der Waals surface area contributed by atoms with Crippen LogP contribution in [0.25, 0.3) is 11.0 Å². The fourth-order valence-corrected chi connectivity index (χ4v) is 5.16. The fourth-order valence-electron chi connectivity index (χ4n) is 5.16. The molecule has 2 amide bonds. The molecular formula is C29H36N2O3. The van der Waals surface area contributed by atoms with Gasteiger partial charge in [-0.2, -0.15) is 0 Å². The summed E-state index contributed by atoms with van der Waals surface area (Å²) in [6.07, 6.45) is 4.63. The third kappa shape index (κ3) is 5.03. The number of nitrogens with zero attached hydrogens (tertiary/aromatic N) is 2. The highest BCUT2D eigenvalue weighted by Crippen LogP contribution is 2.30. The summed E-state index contributed by atoms with van der Waals surface area (Å²) in [5, 5.41) is 1.04. The van der Waals surface area contributed by atoms with E-state index >= 15 is 0 Å². The summed E-state index contributed by atoms with van der Waals surface area (Å²) in [6, 6.07) is 13.9. The minimum atomic E-state index is 0.0773. The van der Waals surface area contributed by atoms with Gasteiger partial charge in [-0.3, -0.25) is 9.59 Å². The van der Waals surface area contributed by atoms with E-state index in [-0.39, 0.29) is 17.9 Å². The lowest BCUT2D eigenvalue weighted by Gasteiger charge is -2.38. The molecule has 0 N–H and O–H groups in total. The Hall–Kier alpha value is -3.08. The maximum absolute atomic E-state index is 13.5. The van der Waals surface area contributed by atoms with Gasteiger partial charge >= 0.3 is 0 Å². The molecule has 1 aliphatic rings. The molecule has 4 rings (SSSR count). The molecular weight excluding hydrogens is 424 g/mol. The monoisotopic (exact) mass is 460 g/mol. The van der Waals surface area contributed by atoms with E-state index in [0.29, 0.717) is 25.4 Å². The van der Waals surface area contributed by atoms with Crippen LogP contribution in [0.1, 0.15) is 73.0 Å². The normalized spacial score (nSPS) is 14.7. The zero-order valence-electron chi connectivity index (χ0n) is 20.8. The molecule has 180 valence electrons. The van der Waals surface area contributed by atoms with Gasteiger partial charge in [0.25, 0.3) is 5.91 Å². The van der Waals surface area contributed by atoms with Crippen LogP contribution in [-0.4, -0.2) is 47.3 Å². The molecule has 1 aromatic heterocycles. The van der Waals surface area contributed by atoms with E-state index in [1.165, 1.54) is 11.1 Å². The molecule has 0 unspecified atom stereocenters.